The number of benzene rings is 2. The largest absolute Gasteiger partial charge is 0.388 e. The minimum Gasteiger partial charge on any atom is -0.388 e. The maximum absolute atomic E-state index is 11.7. The lowest BCUT2D eigenvalue weighted by atomic mass is 9.96. The van der Waals surface area contributed by atoms with E-state index in [2.05, 4.69) is 5.32 Å². The molecular formula is C21H23NO5S. The van der Waals surface area contributed by atoms with Crippen LogP contribution in [-0.2, 0) is 19.0 Å². The fourth-order valence-electron chi connectivity index (χ4n) is 3.49. The summed E-state index contributed by atoms with van der Waals surface area (Å²) in [5.74, 6) is -0.226. The van der Waals surface area contributed by atoms with Crippen molar-refractivity contribution in [3.05, 3.63) is 66.2 Å². The van der Waals surface area contributed by atoms with Gasteiger partial charge in [0.2, 0.25) is 5.91 Å². The number of nitrogens with one attached hydrogen (secondary N) is 1. The van der Waals surface area contributed by atoms with Crippen LogP contribution in [0.4, 0.5) is 0 Å². The van der Waals surface area contributed by atoms with Crippen LogP contribution in [0.2, 0.25) is 0 Å². The molecule has 0 unspecified atom stereocenters. The van der Waals surface area contributed by atoms with Crippen molar-refractivity contribution < 1.29 is 24.1 Å². The van der Waals surface area contributed by atoms with Gasteiger partial charge in [0.25, 0.3) is 0 Å². The van der Waals surface area contributed by atoms with Crippen molar-refractivity contribution in [1.29, 1.82) is 0 Å². The van der Waals surface area contributed by atoms with Gasteiger partial charge in [-0.25, -0.2) is 0 Å². The van der Waals surface area contributed by atoms with Gasteiger partial charge in [-0.2, -0.15) is 0 Å². The predicted molar refractivity (Wildman–Crippen MR) is 105 cm³/mol. The smallest absolute Gasteiger partial charge is 0.217 e. The fraction of sp³-hybridized carbons (Fsp3) is 0.381. The molecule has 7 heteroatoms. The van der Waals surface area contributed by atoms with E-state index in [0.717, 1.165) is 10.5 Å². The van der Waals surface area contributed by atoms with Gasteiger partial charge in [0.05, 0.1) is 12.6 Å². The first kappa shape index (κ1) is 19.4. The molecule has 2 aliphatic heterocycles. The van der Waals surface area contributed by atoms with Gasteiger partial charge in [-0.15, -0.1) is 0 Å². The summed E-state index contributed by atoms with van der Waals surface area (Å²) in [6.45, 7) is 1.74. The van der Waals surface area contributed by atoms with Crippen LogP contribution in [0.1, 0.15) is 18.8 Å². The molecule has 2 fully saturated rings. The Labute approximate surface area is 168 Å². The van der Waals surface area contributed by atoms with Crippen LogP contribution in [0.5, 0.6) is 0 Å². The first-order chi connectivity index (χ1) is 13.6. The standard InChI is InChI=1S/C21H23NO5S/c1-13(23)22-17-18(24)19-16(26-21(17)28-15-10-6-3-7-11-15)12-25-20(27-19)14-8-4-2-5-9-14/h2-11,16-21,24H,12H2,1H3,(H,22,23)/t16-,17+,18+,19+,20-,21-/m0/s1. The number of fused-ring (bicyclic) bond motifs is 1. The second kappa shape index (κ2) is 8.63. The molecule has 0 bridgehead atoms. The highest BCUT2D eigenvalue weighted by molar-refractivity contribution is 7.99. The zero-order chi connectivity index (χ0) is 19.5. The van der Waals surface area contributed by atoms with E-state index < -0.39 is 36.1 Å². The van der Waals surface area contributed by atoms with Gasteiger partial charge in [0.15, 0.2) is 6.29 Å². The third-order valence-electron chi connectivity index (χ3n) is 4.80. The maximum Gasteiger partial charge on any atom is 0.217 e. The van der Waals surface area contributed by atoms with E-state index in [9.17, 15) is 9.90 Å². The van der Waals surface area contributed by atoms with Gasteiger partial charge in [0, 0.05) is 17.4 Å². The van der Waals surface area contributed by atoms with E-state index in [1.807, 2.05) is 60.7 Å². The summed E-state index contributed by atoms with van der Waals surface area (Å²) in [6.07, 6.45) is -2.50. The van der Waals surface area contributed by atoms with Gasteiger partial charge in [-0.1, -0.05) is 60.3 Å². The van der Waals surface area contributed by atoms with Gasteiger partial charge in [-0.3, -0.25) is 4.79 Å². The normalized spacial score (nSPS) is 32.4. The average Bonchev–Trinajstić information content (AvgIpc) is 2.72. The molecular weight excluding hydrogens is 378 g/mol. The molecule has 0 spiro atoms. The summed E-state index contributed by atoms with van der Waals surface area (Å²) in [6, 6.07) is 18.7. The Hall–Kier alpha value is -1.90. The third-order valence-corrected chi connectivity index (χ3v) is 5.98. The number of aliphatic hydroxyl groups is 1. The Balaban J connectivity index is 1.53. The van der Waals surface area contributed by atoms with Gasteiger partial charge in [-0.05, 0) is 12.1 Å². The maximum atomic E-state index is 11.7. The Morgan fingerprint density at radius 3 is 2.43 bits per heavy atom. The van der Waals surface area contributed by atoms with Crippen LogP contribution in [0.3, 0.4) is 0 Å². The first-order valence-corrected chi connectivity index (χ1v) is 10.1. The van der Waals surface area contributed by atoms with E-state index in [4.69, 9.17) is 14.2 Å². The van der Waals surface area contributed by atoms with Crippen molar-refractivity contribution in [2.75, 3.05) is 6.61 Å². The number of thioether (sulfide) groups is 1. The molecule has 0 saturated carbocycles. The lowest BCUT2D eigenvalue weighted by Crippen LogP contribution is -2.65. The minimum absolute atomic E-state index is 0.226. The van der Waals surface area contributed by atoms with Gasteiger partial charge >= 0.3 is 0 Å². The van der Waals surface area contributed by atoms with Crippen molar-refractivity contribution in [3.63, 3.8) is 0 Å². The van der Waals surface area contributed by atoms with Crippen molar-refractivity contribution in [3.8, 4) is 0 Å². The molecule has 148 valence electrons. The highest BCUT2D eigenvalue weighted by Crippen LogP contribution is 2.38. The molecule has 1 amide bonds. The van der Waals surface area contributed by atoms with Crippen LogP contribution in [-0.4, -0.2) is 47.4 Å². The second-order valence-electron chi connectivity index (χ2n) is 6.87. The van der Waals surface area contributed by atoms with E-state index in [-0.39, 0.29) is 5.91 Å². The quantitative estimate of drug-likeness (QED) is 0.820. The van der Waals surface area contributed by atoms with Crippen LogP contribution >= 0.6 is 11.8 Å². The molecule has 4 rings (SSSR count). The third kappa shape index (κ3) is 4.24. The average molecular weight is 401 g/mol. The molecule has 6 nitrogen and oxygen atoms in total. The van der Waals surface area contributed by atoms with E-state index in [1.165, 1.54) is 18.7 Å². The van der Waals surface area contributed by atoms with Crippen molar-refractivity contribution in [2.24, 2.45) is 0 Å². The van der Waals surface area contributed by atoms with Gasteiger partial charge in [0.1, 0.15) is 23.7 Å². The summed E-state index contributed by atoms with van der Waals surface area (Å²) in [4.78, 5) is 12.7. The predicted octanol–water partition coefficient (Wildman–Crippen LogP) is 2.48. The number of hydrogen-bond acceptors (Lipinski definition) is 6. The molecule has 2 N–H and O–H groups in total. The first-order valence-electron chi connectivity index (χ1n) is 9.26. The number of aliphatic hydroxyl groups excluding tert-OH is 1. The zero-order valence-electron chi connectivity index (χ0n) is 15.4. The van der Waals surface area contributed by atoms with E-state index >= 15 is 0 Å². The number of carbonyl (C=O) groups excluding carboxylic acids is 1. The molecule has 2 aromatic carbocycles. The number of ether oxygens (including phenoxy) is 3. The fourth-order valence-corrected chi connectivity index (χ4v) is 4.65. The summed E-state index contributed by atoms with van der Waals surface area (Å²) >= 11 is 1.46. The molecule has 2 aromatic rings. The summed E-state index contributed by atoms with van der Waals surface area (Å²) in [5.41, 5.74) is 0.424. The Kier molecular flexibility index (Phi) is 5.99. The molecule has 28 heavy (non-hydrogen) atoms. The molecule has 0 aliphatic carbocycles. The van der Waals surface area contributed by atoms with Crippen LogP contribution in [0.15, 0.2) is 65.6 Å². The zero-order valence-corrected chi connectivity index (χ0v) is 16.2. The Morgan fingerprint density at radius 1 is 1.07 bits per heavy atom. The van der Waals surface area contributed by atoms with Crippen molar-refractivity contribution in [1.82, 2.24) is 5.32 Å². The lowest BCUT2D eigenvalue weighted by molar-refractivity contribution is -0.306. The van der Waals surface area contributed by atoms with Gasteiger partial charge < -0.3 is 24.6 Å². The highest BCUT2D eigenvalue weighted by Gasteiger charge is 2.49. The SMILES string of the molecule is CC(=O)N[C@@H]1[C@@H](O)[C@@H]2O[C@@H](c3ccccc3)OC[C@@H]2O[C@H]1Sc1ccccc1. The molecule has 2 heterocycles. The summed E-state index contributed by atoms with van der Waals surface area (Å²) < 4.78 is 18.1. The molecule has 6 atom stereocenters. The minimum atomic E-state index is -0.918. The number of carbonyl (C=O) groups is 1. The molecule has 0 aromatic heterocycles. The summed E-state index contributed by atoms with van der Waals surface area (Å²) in [5, 5.41) is 13.9. The Morgan fingerprint density at radius 2 is 1.75 bits per heavy atom. The van der Waals surface area contributed by atoms with Crippen molar-refractivity contribution >= 4 is 17.7 Å². The summed E-state index contributed by atoms with van der Waals surface area (Å²) in [7, 11) is 0. The topological polar surface area (TPSA) is 77.0 Å². The second-order valence-corrected chi connectivity index (χ2v) is 8.04. The van der Waals surface area contributed by atoms with E-state index in [1.54, 1.807) is 0 Å². The highest BCUT2D eigenvalue weighted by atomic mass is 32.2. The van der Waals surface area contributed by atoms with Crippen LogP contribution in [0, 0.1) is 0 Å². The van der Waals surface area contributed by atoms with Crippen LogP contribution < -0.4 is 5.32 Å². The molecule has 2 aliphatic rings. The number of amides is 1. The number of rotatable bonds is 4. The van der Waals surface area contributed by atoms with Crippen LogP contribution in [0.25, 0.3) is 0 Å². The molecule has 0 radical (unpaired) electrons. The Bertz CT molecular complexity index is 790. The number of hydrogen-bond donors (Lipinski definition) is 2. The van der Waals surface area contributed by atoms with Crippen molar-refractivity contribution in [2.45, 2.75) is 47.9 Å². The van der Waals surface area contributed by atoms with E-state index in [0.29, 0.717) is 6.61 Å². The lowest BCUT2D eigenvalue weighted by Gasteiger charge is -2.47. The molecule has 2 saturated heterocycles. The monoisotopic (exact) mass is 401 g/mol.